The van der Waals surface area contributed by atoms with Gasteiger partial charge in [0.15, 0.2) is 9.84 Å². The van der Waals surface area contributed by atoms with Crippen LogP contribution >= 0.6 is 23.2 Å². The minimum atomic E-state index is -3.69. The molecule has 1 N–H and O–H groups in total. The van der Waals surface area contributed by atoms with E-state index in [1.807, 2.05) is 37.3 Å². The zero-order valence-corrected chi connectivity index (χ0v) is 20.6. The molecule has 174 valence electrons. The summed E-state index contributed by atoms with van der Waals surface area (Å²) in [6.07, 6.45) is 2.41. The molecule has 0 radical (unpaired) electrons. The van der Waals surface area contributed by atoms with Gasteiger partial charge in [-0.2, -0.15) is 0 Å². The molecule has 0 amide bonds. The topological polar surface area (TPSA) is 71.4 Å². The number of carboxylic acids is 1. The maximum absolute atomic E-state index is 13.0. The summed E-state index contributed by atoms with van der Waals surface area (Å²) in [6.45, 7) is 2.03. The Balaban J connectivity index is 1.91. The van der Waals surface area contributed by atoms with Crippen molar-refractivity contribution in [1.82, 2.24) is 0 Å². The lowest BCUT2D eigenvalue weighted by molar-refractivity contribution is -0.144. The van der Waals surface area contributed by atoms with Gasteiger partial charge in [-0.25, -0.2) is 8.42 Å². The number of rotatable bonds is 10. The molecule has 0 spiro atoms. The Morgan fingerprint density at radius 2 is 1.52 bits per heavy atom. The third kappa shape index (κ3) is 5.78. The quantitative estimate of drug-likeness (QED) is 0.332. The lowest BCUT2D eigenvalue weighted by atomic mass is 9.72. The molecule has 3 aromatic carbocycles. The van der Waals surface area contributed by atoms with Gasteiger partial charge in [0, 0.05) is 15.6 Å². The Morgan fingerprint density at radius 1 is 0.909 bits per heavy atom. The van der Waals surface area contributed by atoms with E-state index < -0.39 is 21.2 Å². The van der Waals surface area contributed by atoms with E-state index in [1.165, 1.54) is 12.1 Å². The van der Waals surface area contributed by atoms with E-state index in [9.17, 15) is 18.3 Å². The Bertz CT molecular complexity index is 1190. The molecule has 0 unspecified atom stereocenters. The molecule has 1 atom stereocenters. The van der Waals surface area contributed by atoms with E-state index in [0.29, 0.717) is 22.0 Å². The van der Waals surface area contributed by atoms with Crippen LogP contribution in [0.1, 0.15) is 42.9 Å². The summed E-state index contributed by atoms with van der Waals surface area (Å²) in [5, 5.41) is 10.8. The lowest BCUT2D eigenvalue weighted by Gasteiger charge is -2.30. The third-order valence-electron chi connectivity index (χ3n) is 5.88. The normalized spacial score (nSPS) is 13.4. The minimum Gasteiger partial charge on any atom is -0.481 e. The second-order valence-electron chi connectivity index (χ2n) is 8.14. The highest BCUT2D eigenvalue weighted by atomic mass is 35.5. The fourth-order valence-electron chi connectivity index (χ4n) is 3.98. The summed E-state index contributed by atoms with van der Waals surface area (Å²) in [5.74, 6) is -1.20. The summed E-state index contributed by atoms with van der Waals surface area (Å²) in [5.41, 5.74) is 0.782. The number of sulfone groups is 1. The molecular weight excluding hydrogens is 479 g/mol. The number of hydrogen-bond donors (Lipinski definition) is 1. The van der Waals surface area contributed by atoms with Crippen LogP contribution in [-0.2, 0) is 32.2 Å². The molecule has 33 heavy (non-hydrogen) atoms. The van der Waals surface area contributed by atoms with Crippen molar-refractivity contribution in [2.45, 2.75) is 48.7 Å². The second-order valence-corrected chi connectivity index (χ2v) is 10.9. The highest BCUT2D eigenvalue weighted by molar-refractivity contribution is 7.90. The molecule has 0 saturated heterocycles. The van der Waals surface area contributed by atoms with Gasteiger partial charge in [0.05, 0.1) is 16.1 Å². The summed E-state index contributed by atoms with van der Waals surface area (Å²) in [6, 6.07) is 20.5. The van der Waals surface area contributed by atoms with Gasteiger partial charge in [0.1, 0.15) is 0 Å². The van der Waals surface area contributed by atoms with Crippen molar-refractivity contribution in [3.63, 3.8) is 0 Å². The number of unbranched alkanes of at least 4 members (excludes halogenated alkanes) is 1. The van der Waals surface area contributed by atoms with Crippen molar-refractivity contribution in [3.8, 4) is 0 Å². The van der Waals surface area contributed by atoms with Gasteiger partial charge in [-0.05, 0) is 48.2 Å². The van der Waals surface area contributed by atoms with Gasteiger partial charge in [-0.15, -0.1) is 0 Å². The summed E-state index contributed by atoms with van der Waals surface area (Å²) in [4.78, 5) is 12.6. The SMILES string of the molecule is CCCC[C@](Cc1ccc(S(=O)(=O)Cc2c(Cl)cccc2Cl)cc1)(C(=O)O)c1ccccc1. The Kier molecular flexibility index (Phi) is 8.22. The Hall–Kier alpha value is -2.34. The van der Waals surface area contributed by atoms with E-state index in [1.54, 1.807) is 30.3 Å². The van der Waals surface area contributed by atoms with E-state index >= 15 is 0 Å². The van der Waals surface area contributed by atoms with Gasteiger partial charge < -0.3 is 5.11 Å². The molecule has 0 aliphatic carbocycles. The fraction of sp³-hybridized carbons (Fsp3) is 0.269. The van der Waals surface area contributed by atoms with Crippen LogP contribution in [-0.4, -0.2) is 19.5 Å². The van der Waals surface area contributed by atoms with Crippen molar-refractivity contribution >= 4 is 39.0 Å². The zero-order chi connectivity index (χ0) is 24.1. The van der Waals surface area contributed by atoms with Crippen LogP contribution in [0.2, 0.25) is 10.0 Å². The fourth-order valence-corrected chi connectivity index (χ4v) is 6.08. The Labute approximate surface area is 205 Å². The average molecular weight is 505 g/mol. The zero-order valence-electron chi connectivity index (χ0n) is 18.3. The molecule has 3 rings (SSSR count). The smallest absolute Gasteiger partial charge is 0.314 e. The van der Waals surface area contributed by atoms with E-state index in [-0.39, 0.29) is 17.1 Å². The first-order valence-corrected chi connectivity index (χ1v) is 13.1. The number of carbonyl (C=O) groups is 1. The van der Waals surface area contributed by atoms with E-state index in [2.05, 4.69) is 0 Å². The van der Waals surface area contributed by atoms with Gasteiger partial charge >= 0.3 is 5.97 Å². The van der Waals surface area contributed by atoms with Crippen LogP contribution in [0, 0.1) is 0 Å². The van der Waals surface area contributed by atoms with Crippen LogP contribution in [0.3, 0.4) is 0 Å². The molecule has 0 aliphatic rings. The number of aliphatic carboxylic acids is 1. The lowest BCUT2D eigenvalue weighted by Crippen LogP contribution is -2.38. The van der Waals surface area contributed by atoms with Gasteiger partial charge in [0.2, 0.25) is 0 Å². The monoisotopic (exact) mass is 504 g/mol. The molecule has 0 fully saturated rings. The highest BCUT2D eigenvalue weighted by Gasteiger charge is 2.39. The molecule has 0 bridgehead atoms. The van der Waals surface area contributed by atoms with Gasteiger partial charge in [-0.1, -0.05) is 91.5 Å². The maximum atomic E-state index is 13.0. The largest absolute Gasteiger partial charge is 0.481 e. The van der Waals surface area contributed by atoms with Crippen LogP contribution in [0.15, 0.2) is 77.7 Å². The first-order valence-electron chi connectivity index (χ1n) is 10.7. The predicted octanol–water partition coefficient (Wildman–Crippen LogP) is 6.72. The molecule has 7 heteroatoms. The van der Waals surface area contributed by atoms with Gasteiger partial charge in [0.25, 0.3) is 0 Å². The minimum absolute atomic E-state index is 0.136. The Morgan fingerprint density at radius 3 is 2.06 bits per heavy atom. The molecule has 0 aliphatic heterocycles. The second kappa shape index (κ2) is 10.7. The maximum Gasteiger partial charge on any atom is 0.314 e. The number of hydrogen-bond acceptors (Lipinski definition) is 3. The summed E-state index contributed by atoms with van der Waals surface area (Å²) < 4.78 is 25.9. The van der Waals surface area contributed by atoms with Crippen LogP contribution in [0.25, 0.3) is 0 Å². The standard InChI is InChI=1S/C26H26Cl2O4S/c1-2-3-16-26(25(29)30,20-8-5-4-6-9-20)17-19-12-14-21(15-13-19)33(31,32)18-22-23(27)10-7-11-24(22)28/h4-15H,2-3,16-18H2,1H3,(H,29,30)/t26-/m1/s1. The van der Waals surface area contributed by atoms with Crippen molar-refractivity contribution in [1.29, 1.82) is 0 Å². The van der Waals surface area contributed by atoms with Crippen molar-refractivity contribution < 1.29 is 18.3 Å². The molecule has 3 aromatic rings. The van der Waals surface area contributed by atoms with Crippen molar-refractivity contribution in [3.05, 3.63) is 99.5 Å². The first kappa shape index (κ1) is 25.3. The number of benzene rings is 3. The number of carboxylic acid groups (broad SMARTS) is 1. The number of halogens is 2. The first-order chi connectivity index (χ1) is 15.7. The van der Waals surface area contributed by atoms with Crippen LogP contribution in [0.4, 0.5) is 0 Å². The van der Waals surface area contributed by atoms with E-state index in [0.717, 1.165) is 24.0 Å². The molecule has 4 nitrogen and oxygen atoms in total. The van der Waals surface area contributed by atoms with E-state index in [4.69, 9.17) is 23.2 Å². The van der Waals surface area contributed by atoms with Crippen molar-refractivity contribution in [2.24, 2.45) is 0 Å². The van der Waals surface area contributed by atoms with Gasteiger partial charge in [-0.3, -0.25) is 4.79 Å². The molecular formula is C26H26Cl2O4S. The summed E-state index contributed by atoms with van der Waals surface area (Å²) >= 11 is 12.3. The molecule has 0 saturated carbocycles. The highest BCUT2D eigenvalue weighted by Crippen LogP contribution is 2.35. The average Bonchev–Trinajstić information content (AvgIpc) is 2.80. The van der Waals surface area contributed by atoms with Crippen LogP contribution in [0.5, 0.6) is 0 Å². The van der Waals surface area contributed by atoms with Crippen LogP contribution < -0.4 is 0 Å². The molecule has 0 aromatic heterocycles. The predicted molar refractivity (Wildman–Crippen MR) is 133 cm³/mol. The van der Waals surface area contributed by atoms with Crippen molar-refractivity contribution in [2.75, 3.05) is 0 Å². The third-order valence-corrected chi connectivity index (χ3v) is 8.24. The molecule has 0 heterocycles. The summed E-state index contributed by atoms with van der Waals surface area (Å²) in [7, 11) is -3.69.